The summed E-state index contributed by atoms with van der Waals surface area (Å²) in [5.74, 6) is 2.34. The molecule has 2 aromatic carbocycles. The van der Waals surface area contributed by atoms with Crippen LogP contribution in [0.2, 0.25) is 5.02 Å². The molecule has 0 radical (unpaired) electrons. The number of aliphatic imine (C=N–C) groups is 1. The number of nitrogens with one attached hydrogen (secondary N) is 2. The maximum absolute atomic E-state index is 6.22. The lowest BCUT2D eigenvalue weighted by atomic mass is 10.1. The summed E-state index contributed by atoms with van der Waals surface area (Å²) in [7, 11) is 3.52. The molecule has 29 heavy (non-hydrogen) atoms. The van der Waals surface area contributed by atoms with Gasteiger partial charge in [0, 0.05) is 50.0 Å². The fourth-order valence-electron chi connectivity index (χ4n) is 3.52. The third kappa shape index (κ3) is 6.96. The summed E-state index contributed by atoms with van der Waals surface area (Å²) in [5.41, 5.74) is 2.38. The van der Waals surface area contributed by atoms with Crippen LogP contribution in [0.4, 0.5) is 5.69 Å². The SMILES string of the molecule is CN=C(NCCc1ccccc1Cl)NCC1CCN(c2cccc(OC)c2)C1.I. The second-order valence-corrected chi connectivity index (χ2v) is 7.43. The molecule has 0 aromatic heterocycles. The van der Waals surface area contributed by atoms with Crippen molar-refractivity contribution in [2.45, 2.75) is 12.8 Å². The molecule has 0 spiro atoms. The standard InChI is InChI=1S/C22H29ClN4O.HI/c1-24-22(25-12-10-18-6-3-4-9-21(18)23)26-15-17-11-13-27(16-17)19-7-5-8-20(14-19)28-2;/h3-9,14,17H,10-13,15-16H2,1-2H3,(H2,24,25,26);1H. The molecule has 1 fully saturated rings. The Hall–Kier alpha value is -1.67. The van der Waals surface area contributed by atoms with Gasteiger partial charge in [0.25, 0.3) is 0 Å². The highest BCUT2D eigenvalue weighted by Gasteiger charge is 2.23. The second-order valence-electron chi connectivity index (χ2n) is 7.02. The molecular weight excluding hydrogens is 499 g/mol. The smallest absolute Gasteiger partial charge is 0.190 e. The zero-order valence-electron chi connectivity index (χ0n) is 17.0. The Labute approximate surface area is 195 Å². The van der Waals surface area contributed by atoms with Gasteiger partial charge in [0.15, 0.2) is 5.96 Å². The topological polar surface area (TPSA) is 48.9 Å². The van der Waals surface area contributed by atoms with Crippen molar-refractivity contribution in [1.82, 2.24) is 10.6 Å². The summed E-state index contributed by atoms with van der Waals surface area (Å²) >= 11 is 6.22. The van der Waals surface area contributed by atoms with Gasteiger partial charge in [0.05, 0.1) is 7.11 Å². The normalized spacial score (nSPS) is 16.3. The third-order valence-electron chi connectivity index (χ3n) is 5.13. The zero-order chi connectivity index (χ0) is 19.8. The molecule has 1 heterocycles. The molecule has 0 saturated carbocycles. The van der Waals surface area contributed by atoms with Gasteiger partial charge < -0.3 is 20.3 Å². The van der Waals surface area contributed by atoms with Crippen LogP contribution in [0.15, 0.2) is 53.5 Å². The maximum Gasteiger partial charge on any atom is 0.190 e. The van der Waals surface area contributed by atoms with Crippen LogP contribution in [-0.2, 0) is 6.42 Å². The maximum atomic E-state index is 6.22. The van der Waals surface area contributed by atoms with E-state index in [1.165, 1.54) is 12.1 Å². The molecule has 1 aliphatic heterocycles. The van der Waals surface area contributed by atoms with Crippen LogP contribution in [0.25, 0.3) is 0 Å². The summed E-state index contributed by atoms with van der Waals surface area (Å²) < 4.78 is 5.34. The van der Waals surface area contributed by atoms with E-state index < -0.39 is 0 Å². The van der Waals surface area contributed by atoms with Gasteiger partial charge in [0.1, 0.15) is 5.75 Å². The van der Waals surface area contributed by atoms with Crippen molar-refractivity contribution in [3.05, 3.63) is 59.1 Å². The predicted molar refractivity (Wildman–Crippen MR) is 133 cm³/mol. The van der Waals surface area contributed by atoms with Crippen molar-refractivity contribution < 1.29 is 4.74 Å². The Bertz CT molecular complexity index is 802. The van der Waals surface area contributed by atoms with Gasteiger partial charge in [0.2, 0.25) is 0 Å². The number of halogens is 2. The Kier molecular flexibility index (Phi) is 9.87. The molecule has 1 atom stereocenters. The number of hydrogen-bond donors (Lipinski definition) is 2. The van der Waals surface area contributed by atoms with Crippen molar-refractivity contribution >= 4 is 47.2 Å². The fourth-order valence-corrected chi connectivity index (χ4v) is 3.75. The first-order valence-corrected chi connectivity index (χ1v) is 10.1. The quantitative estimate of drug-likeness (QED) is 0.321. The number of guanidine groups is 1. The summed E-state index contributed by atoms with van der Waals surface area (Å²) in [6, 6.07) is 16.2. The molecular formula is C22H30ClIN4O. The van der Waals surface area contributed by atoms with E-state index in [1.807, 2.05) is 37.4 Å². The first kappa shape index (κ1) is 23.6. The first-order chi connectivity index (χ1) is 13.7. The lowest BCUT2D eigenvalue weighted by molar-refractivity contribution is 0.415. The Morgan fingerprint density at radius 2 is 2.03 bits per heavy atom. The summed E-state index contributed by atoms with van der Waals surface area (Å²) in [6.45, 7) is 3.81. The molecule has 2 aromatic rings. The van der Waals surface area contributed by atoms with Crippen LogP contribution in [0, 0.1) is 5.92 Å². The van der Waals surface area contributed by atoms with E-state index in [0.29, 0.717) is 5.92 Å². The van der Waals surface area contributed by atoms with Crippen LogP contribution in [0.1, 0.15) is 12.0 Å². The van der Waals surface area contributed by atoms with Crippen molar-refractivity contribution in [2.75, 3.05) is 45.2 Å². The van der Waals surface area contributed by atoms with Crippen LogP contribution < -0.4 is 20.3 Å². The van der Waals surface area contributed by atoms with Gasteiger partial charge in [-0.2, -0.15) is 0 Å². The number of hydrogen-bond acceptors (Lipinski definition) is 3. The fraction of sp³-hybridized carbons (Fsp3) is 0.409. The highest BCUT2D eigenvalue weighted by molar-refractivity contribution is 14.0. The van der Waals surface area contributed by atoms with Crippen molar-refractivity contribution in [3.8, 4) is 5.75 Å². The highest BCUT2D eigenvalue weighted by Crippen LogP contribution is 2.26. The molecule has 5 nitrogen and oxygen atoms in total. The number of benzene rings is 2. The third-order valence-corrected chi connectivity index (χ3v) is 5.50. The summed E-state index contributed by atoms with van der Waals surface area (Å²) in [6.07, 6.45) is 2.04. The van der Waals surface area contributed by atoms with Gasteiger partial charge in [-0.15, -0.1) is 24.0 Å². The van der Waals surface area contributed by atoms with E-state index in [4.69, 9.17) is 16.3 Å². The van der Waals surface area contributed by atoms with Gasteiger partial charge in [-0.05, 0) is 42.5 Å². The van der Waals surface area contributed by atoms with E-state index in [1.54, 1.807) is 7.11 Å². The minimum absolute atomic E-state index is 0. The number of rotatable bonds is 7. The van der Waals surface area contributed by atoms with E-state index >= 15 is 0 Å². The Morgan fingerprint density at radius 1 is 1.21 bits per heavy atom. The number of methoxy groups -OCH3 is 1. The zero-order valence-corrected chi connectivity index (χ0v) is 20.1. The van der Waals surface area contributed by atoms with Gasteiger partial charge in [-0.1, -0.05) is 35.9 Å². The molecule has 3 rings (SSSR count). The lowest BCUT2D eigenvalue weighted by Gasteiger charge is -2.20. The number of anilines is 1. The van der Waals surface area contributed by atoms with Crippen molar-refractivity contribution in [2.24, 2.45) is 10.9 Å². The minimum atomic E-state index is 0. The van der Waals surface area contributed by atoms with Crippen molar-refractivity contribution in [1.29, 1.82) is 0 Å². The van der Waals surface area contributed by atoms with E-state index in [2.05, 4.69) is 38.7 Å². The first-order valence-electron chi connectivity index (χ1n) is 9.76. The molecule has 1 aliphatic rings. The predicted octanol–water partition coefficient (Wildman–Crippen LogP) is 4.20. The van der Waals surface area contributed by atoms with E-state index in [0.717, 1.165) is 54.9 Å². The average molecular weight is 529 g/mol. The number of ether oxygens (including phenoxy) is 1. The van der Waals surface area contributed by atoms with Crippen molar-refractivity contribution in [3.63, 3.8) is 0 Å². The monoisotopic (exact) mass is 528 g/mol. The lowest BCUT2D eigenvalue weighted by Crippen LogP contribution is -2.41. The molecule has 0 bridgehead atoms. The Morgan fingerprint density at radius 3 is 2.79 bits per heavy atom. The van der Waals surface area contributed by atoms with E-state index in [9.17, 15) is 0 Å². The van der Waals surface area contributed by atoms with Gasteiger partial charge in [-0.25, -0.2) is 0 Å². The summed E-state index contributed by atoms with van der Waals surface area (Å²) in [4.78, 5) is 6.75. The highest BCUT2D eigenvalue weighted by atomic mass is 127. The second kappa shape index (κ2) is 12.1. The molecule has 7 heteroatoms. The minimum Gasteiger partial charge on any atom is -0.497 e. The number of nitrogens with zero attached hydrogens (tertiary/aromatic N) is 2. The average Bonchev–Trinajstić information content (AvgIpc) is 3.21. The Balaban J connectivity index is 0.00000300. The summed E-state index contributed by atoms with van der Waals surface area (Å²) in [5, 5.41) is 7.65. The molecule has 2 N–H and O–H groups in total. The van der Waals surface area contributed by atoms with Crippen LogP contribution in [0.5, 0.6) is 5.75 Å². The van der Waals surface area contributed by atoms with Crippen LogP contribution in [0.3, 0.4) is 0 Å². The molecule has 0 amide bonds. The largest absolute Gasteiger partial charge is 0.497 e. The van der Waals surface area contributed by atoms with E-state index in [-0.39, 0.29) is 24.0 Å². The molecule has 1 unspecified atom stereocenters. The van der Waals surface area contributed by atoms with Crippen LogP contribution in [-0.4, -0.2) is 46.3 Å². The molecule has 1 saturated heterocycles. The van der Waals surface area contributed by atoms with Gasteiger partial charge >= 0.3 is 0 Å². The van der Waals surface area contributed by atoms with Crippen LogP contribution >= 0.6 is 35.6 Å². The molecule has 158 valence electrons. The molecule has 0 aliphatic carbocycles. The van der Waals surface area contributed by atoms with Gasteiger partial charge in [-0.3, -0.25) is 4.99 Å².